The number of carboxylic acids is 1. The maximum atomic E-state index is 12.7. The van der Waals surface area contributed by atoms with Crippen molar-refractivity contribution >= 4 is 55.7 Å². The number of carbonyl (C=O) groups is 1. The van der Waals surface area contributed by atoms with E-state index in [0.29, 0.717) is 10.8 Å². The minimum Gasteiger partial charge on any atom is -0.478 e. The first-order valence-electron chi connectivity index (χ1n) is 7.01. The van der Waals surface area contributed by atoms with Crippen molar-refractivity contribution in [3.63, 3.8) is 0 Å². The smallest absolute Gasteiger partial charge is 0.335 e. The molecule has 0 heterocycles. The summed E-state index contributed by atoms with van der Waals surface area (Å²) in [5, 5.41) is 10.8. The number of anilines is 1. The highest BCUT2D eigenvalue weighted by Gasteiger charge is 2.18. The molecule has 3 rings (SSSR count). The van der Waals surface area contributed by atoms with Crippen LogP contribution in [-0.4, -0.2) is 19.5 Å². The van der Waals surface area contributed by atoms with E-state index in [0.717, 1.165) is 0 Å². The quantitative estimate of drug-likeness (QED) is 0.673. The van der Waals surface area contributed by atoms with Gasteiger partial charge in [-0.05, 0) is 35.7 Å². The first-order chi connectivity index (χ1) is 11.8. The van der Waals surface area contributed by atoms with E-state index < -0.39 is 16.0 Å². The zero-order valence-electron chi connectivity index (χ0n) is 12.5. The van der Waals surface area contributed by atoms with Crippen LogP contribution in [0.2, 0.25) is 10.0 Å². The third kappa shape index (κ3) is 3.71. The van der Waals surface area contributed by atoms with E-state index in [4.69, 9.17) is 23.2 Å². The summed E-state index contributed by atoms with van der Waals surface area (Å²) >= 11 is 11.7. The highest BCUT2D eigenvalue weighted by atomic mass is 35.5. The second-order valence-electron chi connectivity index (χ2n) is 5.26. The second-order valence-corrected chi connectivity index (χ2v) is 7.82. The van der Waals surface area contributed by atoms with Gasteiger partial charge in [0.15, 0.2) is 0 Å². The summed E-state index contributed by atoms with van der Waals surface area (Å²) in [7, 11) is -4.00. The normalized spacial score (nSPS) is 11.4. The average molecular weight is 396 g/mol. The zero-order valence-corrected chi connectivity index (χ0v) is 14.9. The Hall–Kier alpha value is -2.28. The highest BCUT2D eigenvalue weighted by Crippen LogP contribution is 2.29. The largest absolute Gasteiger partial charge is 0.478 e. The van der Waals surface area contributed by atoms with Crippen molar-refractivity contribution in [1.29, 1.82) is 0 Å². The van der Waals surface area contributed by atoms with Gasteiger partial charge in [0, 0.05) is 15.4 Å². The van der Waals surface area contributed by atoms with Gasteiger partial charge in [-0.15, -0.1) is 0 Å². The molecule has 0 unspecified atom stereocenters. The van der Waals surface area contributed by atoms with Gasteiger partial charge in [0.1, 0.15) is 0 Å². The van der Waals surface area contributed by atoms with Crippen molar-refractivity contribution < 1.29 is 18.3 Å². The monoisotopic (exact) mass is 395 g/mol. The van der Waals surface area contributed by atoms with Crippen LogP contribution in [0.1, 0.15) is 10.4 Å². The molecule has 0 bridgehead atoms. The molecular weight excluding hydrogens is 385 g/mol. The Morgan fingerprint density at radius 2 is 1.60 bits per heavy atom. The van der Waals surface area contributed by atoms with Crippen LogP contribution in [0.3, 0.4) is 0 Å². The average Bonchev–Trinajstić information content (AvgIpc) is 2.53. The van der Waals surface area contributed by atoms with Crippen LogP contribution >= 0.6 is 23.2 Å². The molecule has 3 aromatic carbocycles. The summed E-state index contributed by atoms with van der Waals surface area (Å²) in [6.45, 7) is 0. The van der Waals surface area contributed by atoms with Gasteiger partial charge in [-0.1, -0.05) is 47.5 Å². The number of sulfonamides is 1. The second kappa shape index (κ2) is 6.55. The highest BCUT2D eigenvalue weighted by molar-refractivity contribution is 7.92. The predicted molar refractivity (Wildman–Crippen MR) is 98.2 cm³/mol. The summed E-state index contributed by atoms with van der Waals surface area (Å²) in [6.07, 6.45) is 0. The van der Waals surface area contributed by atoms with E-state index in [-0.39, 0.29) is 26.2 Å². The number of hydrogen-bond acceptors (Lipinski definition) is 3. The van der Waals surface area contributed by atoms with Crippen LogP contribution < -0.4 is 4.72 Å². The maximum Gasteiger partial charge on any atom is 0.335 e. The van der Waals surface area contributed by atoms with Gasteiger partial charge in [-0.3, -0.25) is 4.72 Å². The number of fused-ring (bicyclic) bond motifs is 1. The molecule has 2 N–H and O–H groups in total. The van der Waals surface area contributed by atoms with Crippen LogP contribution in [0.15, 0.2) is 59.5 Å². The molecule has 0 saturated carbocycles. The molecular formula is C17H11Cl2NO4S. The van der Waals surface area contributed by atoms with Crippen molar-refractivity contribution in [3.8, 4) is 0 Å². The number of rotatable bonds is 4. The molecule has 8 heteroatoms. The molecule has 0 aliphatic rings. The van der Waals surface area contributed by atoms with Crippen LogP contribution in [0.5, 0.6) is 0 Å². The minimum atomic E-state index is -4.00. The Labute approximate surface area is 153 Å². The van der Waals surface area contributed by atoms with Crippen molar-refractivity contribution in [2.75, 3.05) is 4.72 Å². The lowest BCUT2D eigenvalue weighted by atomic mass is 10.1. The van der Waals surface area contributed by atoms with Gasteiger partial charge in [-0.2, -0.15) is 0 Å². The van der Waals surface area contributed by atoms with Gasteiger partial charge in [0.2, 0.25) is 0 Å². The molecule has 5 nitrogen and oxygen atoms in total. The van der Waals surface area contributed by atoms with E-state index >= 15 is 0 Å². The van der Waals surface area contributed by atoms with Gasteiger partial charge >= 0.3 is 5.97 Å². The number of halogens is 2. The summed E-state index contributed by atoms with van der Waals surface area (Å²) in [5.41, 5.74) is 0.132. The maximum absolute atomic E-state index is 12.7. The molecule has 128 valence electrons. The van der Waals surface area contributed by atoms with Crippen LogP contribution in [0.4, 0.5) is 5.69 Å². The van der Waals surface area contributed by atoms with Crippen LogP contribution in [0, 0.1) is 0 Å². The van der Waals surface area contributed by atoms with Gasteiger partial charge in [0.05, 0.1) is 16.1 Å². The molecule has 0 saturated heterocycles. The molecule has 0 amide bonds. The zero-order chi connectivity index (χ0) is 18.2. The summed E-state index contributed by atoms with van der Waals surface area (Å²) in [5.74, 6) is -1.16. The molecule has 0 aliphatic heterocycles. The molecule has 25 heavy (non-hydrogen) atoms. The Kier molecular flexibility index (Phi) is 4.60. The van der Waals surface area contributed by atoms with E-state index in [9.17, 15) is 18.3 Å². The molecule has 0 aromatic heterocycles. The van der Waals surface area contributed by atoms with E-state index in [1.165, 1.54) is 30.3 Å². The van der Waals surface area contributed by atoms with E-state index in [1.807, 2.05) is 0 Å². The molecule has 0 radical (unpaired) electrons. The lowest BCUT2D eigenvalue weighted by molar-refractivity contribution is 0.0697. The summed E-state index contributed by atoms with van der Waals surface area (Å²) in [6, 6.07) is 13.6. The Bertz CT molecular complexity index is 1080. The van der Waals surface area contributed by atoms with Crippen LogP contribution in [-0.2, 0) is 10.0 Å². The van der Waals surface area contributed by atoms with Gasteiger partial charge in [0.25, 0.3) is 10.0 Å². The summed E-state index contributed by atoms with van der Waals surface area (Å²) < 4.78 is 27.7. The summed E-state index contributed by atoms with van der Waals surface area (Å²) in [4.78, 5) is 11.2. The Morgan fingerprint density at radius 1 is 0.960 bits per heavy atom. The molecule has 3 aromatic rings. The van der Waals surface area contributed by atoms with E-state index in [2.05, 4.69) is 4.72 Å². The number of aromatic carboxylic acids is 1. The fourth-order valence-corrected chi connectivity index (χ4v) is 4.20. The third-order valence-corrected chi connectivity index (χ3v) is 5.28. The first-order valence-corrected chi connectivity index (χ1v) is 9.25. The lowest BCUT2D eigenvalue weighted by Crippen LogP contribution is -2.14. The molecule has 0 aliphatic carbocycles. The molecule has 0 fully saturated rings. The molecule has 0 atom stereocenters. The van der Waals surface area contributed by atoms with Gasteiger partial charge < -0.3 is 5.11 Å². The Morgan fingerprint density at radius 3 is 2.24 bits per heavy atom. The number of benzene rings is 3. The van der Waals surface area contributed by atoms with Gasteiger partial charge in [-0.25, -0.2) is 13.2 Å². The van der Waals surface area contributed by atoms with E-state index in [1.54, 1.807) is 24.3 Å². The molecule has 0 spiro atoms. The first kappa shape index (κ1) is 17.5. The number of nitrogens with one attached hydrogen (secondary N) is 1. The van der Waals surface area contributed by atoms with Crippen molar-refractivity contribution in [2.24, 2.45) is 0 Å². The minimum absolute atomic E-state index is 0.0273. The van der Waals surface area contributed by atoms with Crippen LogP contribution in [0.25, 0.3) is 10.8 Å². The van der Waals surface area contributed by atoms with Crippen molar-refractivity contribution in [1.82, 2.24) is 0 Å². The lowest BCUT2D eigenvalue weighted by Gasteiger charge is -2.12. The predicted octanol–water partition coefficient (Wildman–Crippen LogP) is 4.65. The fourth-order valence-electron chi connectivity index (χ4n) is 2.41. The SMILES string of the molecule is O=C(O)c1cc(NS(=O)(=O)c2cc(Cl)cc(Cl)c2)c2ccccc2c1. The topological polar surface area (TPSA) is 83.5 Å². The Balaban J connectivity index is 2.14. The number of hydrogen-bond donors (Lipinski definition) is 2. The van der Waals surface area contributed by atoms with Crippen molar-refractivity contribution in [3.05, 3.63) is 70.2 Å². The number of carboxylic acid groups (broad SMARTS) is 1. The third-order valence-electron chi connectivity index (χ3n) is 3.50. The van der Waals surface area contributed by atoms with Crippen molar-refractivity contribution in [2.45, 2.75) is 4.90 Å². The standard InChI is InChI=1S/C17H11Cl2NO4S/c18-12-7-13(19)9-14(8-12)25(23,24)20-16-6-11(17(21)22)5-10-3-1-2-4-15(10)16/h1-9,20H,(H,21,22). The fraction of sp³-hybridized carbons (Fsp3) is 0.